The van der Waals surface area contributed by atoms with E-state index in [9.17, 15) is 14.7 Å². The van der Waals surface area contributed by atoms with Gasteiger partial charge in [-0.25, -0.2) is 4.79 Å². The van der Waals surface area contributed by atoms with E-state index in [1.54, 1.807) is 24.3 Å². The highest BCUT2D eigenvalue weighted by Crippen LogP contribution is 2.29. The highest BCUT2D eigenvalue weighted by atomic mass is 32.1. The number of ketones is 1. The summed E-state index contributed by atoms with van der Waals surface area (Å²) < 4.78 is 8.46. The maximum atomic E-state index is 13.8. The lowest BCUT2D eigenvalue weighted by Crippen LogP contribution is -2.15. The molecule has 0 spiro atoms. The van der Waals surface area contributed by atoms with Gasteiger partial charge in [-0.3, -0.25) is 4.79 Å². The predicted molar refractivity (Wildman–Crippen MR) is 141 cm³/mol. The summed E-state index contributed by atoms with van der Waals surface area (Å²) in [6, 6.07) is 18.7. The van der Waals surface area contributed by atoms with E-state index in [-0.39, 0.29) is 28.8 Å². The van der Waals surface area contributed by atoms with E-state index < -0.39 is 5.97 Å². The van der Waals surface area contributed by atoms with Gasteiger partial charge in [-0.05, 0) is 65.3 Å². The van der Waals surface area contributed by atoms with Crippen LogP contribution in [0.1, 0.15) is 58.9 Å². The molecule has 0 atom stereocenters. The number of carboxylic acid groups (broad SMARTS) is 1. The van der Waals surface area contributed by atoms with Crippen molar-refractivity contribution in [2.24, 2.45) is 0 Å². The van der Waals surface area contributed by atoms with Gasteiger partial charge in [0, 0.05) is 17.6 Å². The Morgan fingerprint density at radius 2 is 1.49 bits per heavy atom. The molecule has 1 aromatic heterocycles. The number of Topliss-reactive ketones (excluding diaryl/α,β-unsaturated/α-hetero) is 1. The second kappa shape index (κ2) is 9.55. The van der Waals surface area contributed by atoms with Crippen molar-refractivity contribution >= 4 is 40.1 Å². The standard InChI is InChI=1S/C29H28N2O3S/c1-17-6-9-21(14-18(17)2)27(32)23(15-19-7-11-22(12-8-19)29(3,4)5)26(28(33)34)20-10-13-24-25(16-20)31-35-30-24/h6-14,16H,15H2,1-5H3,(H,33,34)/b26-23+. The molecule has 1 N–H and O–H groups in total. The Morgan fingerprint density at radius 3 is 2.11 bits per heavy atom. The Bertz CT molecular complexity index is 1460. The van der Waals surface area contributed by atoms with Gasteiger partial charge in [-0.2, -0.15) is 8.75 Å². The largest absolute Gasteiger partial charge is 0.478 e. The molecule has 0 amide bonds. The first-order chi connectivity index (χ1) is 16.5. The molecule has 3 aromatic carbocycles. The van der Waals surface area contributed by atoms with Gasteiger partial charge >= 0.3 is 5.97 Å². The Kier molecular flexibility index (Phi) is 6.68. The van der Waals surface area contributed by atoms with E-state index in [4.69, 9.17) is 0 Å². The highest BCUT2D eigenvalue weighted by Gasteiger charge is 2.25. The van der Waals surface area contributed by atoms with Crippen molar-refractivity contribution in [3.63, 3.8) is 0 Å². The van der Waals surface area contributed by atoms with Crippen molar-refractivity contribution < 1.29 is 14.7 Å². The molecule has 6 heteroatoms. The summed E-state index contributed by atoms with van der Waals surface area (Å²) in [6.07, 6.45) is 0.200. The lowest BCUT2D eigenvalue weighted by atomic mass is 9.85. The van der Waals surface area contributed by atoms with Gasteiger partial charge in [0.05, 0.1) is 17.3 Å². The molecule has 0 fully saturated rings. The minimum absolute atomic E-state index is 0.00431. The van der Waals surface area contributed by atoms with Crippen LogP contribution in [0.15, 0.2) is 66.2 Å². The zero-order chi connectivity index (χ0) is 25.3. The molecular formula is C29H28N2O3S. The fourth-order valence-corrected chi connectivity index (χ4v) is 4.55. The summed E-state index contributed by atoms with van der Waals surface area (Å²) in [5, 5.41) is 10.3. The fourth-order valence-electron chi connectivity index (χ4n) is 4.03. The molecule has 4 rings (SSSR count). The number of aliphatic carboxylic acids is 1. The topological polar surface area (TPSA) is 80.2 Å². The number of hydrogen-bond acceptors (Lipinski definition) is 5. The molecule has 178 valence electrons. The second-order valence-electron chi connectivity index (χ2n) is 9.88. The van der Waals surface area contributed by atoms with Crippen LogP contribution >= 0.6 is 11.7 Å². The van der Waals surface area contributed by atoms with Gasteiger partial charge in [0.2, 0.25) is 0 Å². The SMILES string of the molecule is Cc1ccc(C(=O)/C(Cc2ccc(C(C)(C)C)cc2)=C(/C(=O)O)c2ccc3nsnc3c2)cc1C. The molecule has 0 bridgehead atoms. The van der Waals surface area contributed by atoms with E-state index in [2.05, 4.69) is 29.5 Å². The van der Waals surface area contributed by atoms with Crippen molar-refractivity contribution in [1.82, 2.24) is 8.75 Å². The third kappa shape index (κ3) is 5.23. The summed E-state index contributed by atoms with van der Waals surface area (Å²) in [7, 11) is 0. The van der Waals surface area contributed by atoms with Crippen LogP contribution in [0, 0.1) is 13.8 Å². The van der Waals surface area contributed by atoms with Gasteiger partial charge < -0.3 is 5.11 Å². The van der Waals surface area contributed by atoms with Crippen LogP contribution in [0.4, 0.5) is 0 Å². The number of benzene rings is 3. The molecule has 1 heterocycles. The molecule has 0 aliphatic rings. The van der Waals surface area contributed by atoms with Gasteiger partial charge in [0.25, 0.3) is 0 Å². The lowest BCUT2D eigenvalue weighted by Gasteiger charge is -2.19. The number of carboxylic acids is 1. The number of carbonyl (C=O) groups excluding carboxylic acids is 1. The average Bonchev–Trinajstić information content (AvgIpc) is 3.27. The normalized spacial score (nSPS) is 12.5. The van der Waals surface area contributed by atoms with Crippen molar-refractivity contribution in [2.75, 3.05) is 0 Å². The minimum Gasteiger partial charge on any atom is -0.478 e. The summed E-state index contributed by atoms with van der Waals surface area (Å²) in [6.45, 7) is 10.4. The summed E-state index contributed by atoms with van der Waals surface area (Å²) >= 11 is 1.07. The first-order valence-corrected chi connectivity index (χ1v) is 12.2. The molecule has 0 saturated carbocycles. The smallest absolute Gasteiger partial charge is 0.336 e. The Morgan fingerprint density at radius 1 is 0.829 bits per heavy atom. The molecule has 0 radical (unpaired) electrons. The highest BCUT2D eigenvalue weighted by molar-refractivity contribution is 7.00. The van der Waals surface area contributed by atoms with E-state index in [0.29, 0.717) is 22.2 Å². The number of allylic oxidation sites excluding steroid dienone is 1. The van der Waals surface area contributed by atoms with Gasteiger partial charge in [-0.15, -0.1) is 0 Å². The summed E-state index contributed by atoms with van der Waals surface area (Å²) in [5.74, 6) is -1.44. The maximum Gasteiger partial charge on any atom is 0.336 e. The lowest BCUT2D eigenvalue weighted by molar-refractivity contribution is -0.130. The number of hydrogen-bond donors (Lipinski definition) is 1. The van der Waals surface area contributed by atoms with E-state index >= 15 is 0 Å². The third-order valence-electron chi connectivity index (χ3n) is 6.30. The van der Waals surface area contributed by atoms with Crippen LogP contribution in [0.3, 0.4) is 0 Å². The quantitative estimate of drug-likeness (QED) is 0.247. The summed E-state index contributed by atoms with van der Waals surface area (Å²) in [5.41, 5.74) is 6.56. The molecule has 0 aliphatic carbocycles. The number of fused-ring (bicyclic) bond motifs is 1. The zero-order valence-corrected chi connectivity index (χ0v) is 21.4. The Balaban J connectivity index is 1.88. The minimum atomic E-state index is -1.15. The van der Waals surface area contributed by atoms with E-state index in [1.165, 1.54) is 5.56 Å². The molecule has 35 heavy (non-hydrogen) atoms. The Hall–Kier alpha value is -3.64. The summed E-state index contributed by atoms with van der Waals surface area (Å²) in [4.78, 5) is 26.4. The average molecular weight is 485 g/mol. The number of aryl methyl sites for hydroxylation is 2. The van der Waals surface area contributed by atoms with Crippen LogP contribution in [0.25, 0.3) is 16.6 Å². The number of nitrogens with zero attached hydrogens (tertiary/aromatic N) is 2. The van der Waals surface area contributed by atoms with Crippen molar-refractivity contribution in [3.8, 4) is 0 Å². The van der Waals surface area contributed by atoms with E-state index in [1.807, 2.05) is 50.2 Å². The molecule has 0 saturated heterocycles. The van der Waals surface area contributed by atoms with Gasteiger partial charge in [0.15, 0.2) is 5.78 Å². The van der Waals surface area contributed by atoms with Crippen molar-refractivity contribution in [1.29, 1.82) is 0 Å². The van der Waals surface area contributed by atoms with Gasteiger partial charge in [0.1, 0.15) is 11.0 Å². The molecular weight excluding hydrogens is 456 g/mol. The predicted octanol–water partition coefficient (Wildman–Crippen LogP) is 6.57. The number of carbonyl (C=O) groups is 2. The molecule has 5 nitrogen and oxygen atoms in total. The van der Waals surface area contributed by atoms with Crippen LogP contribution in [-0.2, 0) is 16.6 Å². The fraction of sp³-hybridized carbons (Fsp3) is 0.241. The monoisotopic (exact) mass is 484 g/mol. The van der Waals surface area contributed by atoms with Crippen LogP contribution in [-0.4, -0.2) is 25.6 Å². The third-order valence-corrected chi connectivity index (χ3v) is 6.86. The van der Waals surface area contributed by atoms with Crippen LogP contribution in [0.5, 0.6) is 0 Å². The first kappa shape index (κ1) is 24.5. The zero-order valence-electron chi connectivity index (χ0n) is 20.5. The van der Waals surface area contributed by atoms with Crippen LogP contribution in [0.2, 0.25) is 0 Å². The number of rotatable bonds is 6. The van der Waals surface area contributed by atoms with Crippen LogP contribution < -0.4 is 0 Å². The van der Waals surface area contributed by atoms with E-state index in [0.717, 1.165) is 28.4 Å². The van der Waals surface area contributed by atoms with Gasteiger partial charge in [-0.1, -0.05) is 63.2 Å². The number of aromatic nitrogens is 2. The second-order valence-corrected chi connectivity index (χ2v) is 10.4. The maximum absolute atomic E-state index is 13.8. The first-order valence-electron chi connectivity index (χ1n) is 11.4. The molecule has 0 aliphatic heterocycles. The van der Waals surface area contributed by atoms with Crippen molar-refractivity contribution in [3.05, 3.63) is 99.6 Å². The Labute approximate surface area is 209 Å². The van der Waals surface area contributed by atoms with Crippen molar-refractivity contribution in [2.45, 2.75) is 46.5 Å². The molecule has 4 aromatic rings. The molecule has 0 unspecified atom stereocenters.